The van der Waals surface area contributed by atoms with Crippen molar-refractivity contribution in [1.29, 1.82) is 0 Å². The first kappa shape index (κ1) is 15.4. The third-order valence-electron chi connectivity index (χ3n) is 4.19. The highest BCUT2D eigenvalue weighted by molar-refractivity contribution is 5.83. The number of ether oxygens (including phenoxy) is 1. The molecule has 0 saturated heterocycles. The highest BCUT2D eigenvalue weighted by atomic mass is 19.1. The quantitative estimate of drug-likeness (QED) is 0.760. The Labute approximate surface area is 130 Å². The van der Waals surface area contributed by atoms with E-state index in [1.54, 1.807) is 13.2 Å². The Kier molecular flexibility index (Phi) is 4.74. The van der Waals surface area contributed by atoms with Crippen LogP contribution < -0.4 is 5.32 Å². The van der Waals surface area contributed by atoms with Crippen molar-refractivity contribution in [1.82, 2.24) is 15.1 Å². The molecule has 0 aliphatic heterocycles. The molecule has 22 heavy (non-hydrogen) atoms. The van der Waals surface area contributed by atoms with Crippen LogP contribution in [-0.4, -0.2) is 29.5 Å². The zero-order valence-corrected chi connectivity index (χ0v) is 13.3. The number of aromatic nitrogens is 2. The number of unbranched alkanes of at least 4 members (excludes halogenated alkanes) is 1. The van der Waals surface area contributed by atoms with Crippen LogP contribution in [0.3, 0.4) is 0 Å². The van der Waals surface area contributed by atoms with Crippen LogP contribution in [0.1, 0.15) is 44.3 Å². The third kappa shape index (κ3) is 3.31. The van der Waals surface area contributed by atoms with Gasteiger partial charge in [0.05, 0.1) is 5.69 Å². The maximum atomic E-state index is 14.3. The monoisotopic (exact) mass is 305 g/mol. The zero-order chi connectivity index (χ0) is 15.5. The van der Waals surface area contributed by atoms with Crippen LogP contribution in [0.2, 0.25) is 0 Å². The molecule has 1 unspecified atom stereocenters. The van der Waals surface area contributed by atoms with E-state index in [1.807, 2.05) is 10.7 Å². The molecule has 1 aromatic carbocycles. The summed E-state index contributed by atoms with van der Waals surface area (Å²) in [4.78, 5) is 0. The van der Waals surface area contributed by atoms with Gasteiger partial charge in [-0.25, -0.2) is 4.39 Å². The predicted molar refractivity (Wildman–Crippen MR) is 85.4 cm³/mol. The van der Waals surface area contributed by atoms with Gasteiger partial charge in [-0.2, -0.15) is 5.10 Å². The minimum atomic E-state index is -0.193. The Balaban J connectivity index is 1.86. The number of fused-ring (bicyclic) bond motifs is 1. The number of benzene rings is 1. The number of para-hydroxylation sites is 1. The second-order valence-corrected chi connectivity index (χ2v) is 6.11. The molecule has 1 aliphatic carbocycles. The van der Waals surface area contributed by atoms with Crippen LogP contribution in [-0.2, 0) is 11.3 Å². The SMILES string of the molecule is COCCCCn1nc(C(C)NC2CC2)c2cccc(F)c21. The molecule has 5 heteroatoms. The summed E-state index contributed by atoms with van der Waals surface area (Å²) >= 11 is 0. The fraction of sp³-hybridized carbons (Fsp3) is 0.588. The van der Waals surface area contributed by atoms with Crippen LogP contribution in [0, 0.1) is 5.82 Å². The molecule has 1 aromatic heterocycles. The van der Waals surface area contributed by atoms with E-state index in [-0.39, 0.29) is 11.9 Å². The van der Waals surface area contributed by atoms with E-state index in [0.717, 1.165) is 37.1 Å². The van der Waals surface area contributed by atoms with Gasteiger partial charge in [0.2, 0.25) is 0 Å². The largest absolute Gasteiger partial charge is 0.385 e. The number of aryl methyl sites for hydroxylation is 1. The smallest absolute Gasteiger partial charge is 0.149 e. The molecule has 0 spiro atoms. The molecule has 4 nitrogen and oxygen atoms in total. The van der Waals surface area contributed by atoms with Crippen molar-refractivity contribution in [3.05, 3.63) is 29.7 Å². The van der Waals surface area contributed by atoms with Crippen molar-refractivity contribution in [3.63, 3.8) is 0 Å². The van der Waals surface area contributed by atoms with Gasteiger partial charge in [0, 0.05) is 37.7 Å². The van der Waals surface area contributed by atoms with Gasteiger partial charge < -0.3 is 10.1 Å². The van der Waals surface area contributed by atoms with E-state index < -0.39 is 0 Å². The fourth-order valence-electron chi connectivity index (χ4n) is 2.89. The van der Waals surface area contributed by atoms with Gasteiger partial charge in [-0.3, -0.25) is 4.68 Å². The Morgan fingerprint density at radius 1 is 1.41 bits per heavy atom. The molecule has 1 fully saturated rings. The summed E-state index contributed by atoms with van der Waals surface area (Å²) < 4.78 is 21.2. The summed E-state index contributed by atoms with van der Waals surface area (Å²) in [5.41, 5.74) is 1.58. The first-order valence-corrected chi connectivity index (χ1v) is 8.10. The van der Waals surface area contributed by atoms with Gasteiger partial charge in [-0.15, -0.1) is 0 Å². The molecular formula is C17H24FN3O. The van der Waals surface area contributed by atoms with Crippen LogP contribution in [0.5, 0.6) is 0 Å². The minimum absolute atomic E-state index is 0.150. The molecule has 1 saturated carbocycles. The molecular weight excluding hydrogens is 281 g/mol. The highest BCUT2D eigenvalue weighted by Gasteiger charge is 2.26. The van der Waals surface area contributed by atoms with Crippen molar-refractivity contribution in [2.75, 3.05) is 13.7 Å². The number of nitrogens with zero attached hydrogens (tertiary/aromatic N) is 2. The number of halogens is 1. The molecule has 0 amide bonds. The lowest BCUT2D eigenvalue weighted by Gasteiger charge is -2.10. The molecule has 3 rings (SSSR count). The van der Waals surface area contributed by atoms with Crippen LogP contribution >= 0.6 is 0 Å². The lowest BCUT2D eigenvalue weighted by atomic mass is 10.1. The van der Waals surface area contributed by atoms with Crippen LogP contribution in [0.25, 0.3) is 10.9 Å². The molecule has 1 heterocycles. The molecule has 120 valence electrons. The van der Waals surface area contributed by atoms with Crippen molar-refractivity contribution < 1.29 is 9.13 Å². The van der Waals surface area contributed by atoms with E-state index in [4.69, 9.17) is 9.84 Å². The second-order valence-electron chi connectivity index (χ2n) is 6.11. The van der Waals surface area contributed by atoms with Gasteiger partial charge in [0.25, 0.3) is 0 Å². The maximum Gasteiger partial charge on any atom is 0.149 e. The predicted octanol–water partition coefficient (Wildman–Crippen LogP) is 3.42. The van der Waals surface area contributed by atoms with Crippen molar-refractivity contribution in [2.45, 2.75) is 51.2 Å². The molecule has 1 atom stereocenters. The van der Waals surface area contributed by atoms with Crippen molar-refractivity contribution in [3.8, 4) is 0 Å². The molecule has 1 N–H and O–H groups in total. The van der Waals surface area contributed by atoms with E-state index in [0.29, 0.717) is 11.6 Å². The Bertz CT molecular complexity index is 636. The fourth-order valence-corrected chi connectivity index (χ4v) is 2.89. The van der Waals surface area contributed by atoms with Gasteiger partial charge >= 0.3 is 0 Å². The van der Waals surface area contributed by atoms with E-state index in [1.165, 1.54) is 18.9 Å². The lowest BCUT2D eigenvalue weighted by Crippen LogP contribution is -2.21. The average molecular weight is 305 g/mol. The Hall–Kier alpha value is -1.46. The Morgan fingerprint density at radius 3 is 2.95 bits per heavy atom. The van der Waals surface area contributed by atoms with Gasteiger partial charge in [-0.05, 0) is 38.7 Å². The lowest BCUT2D eigenvalue weighted by molar-refractivity contribution is 0.191. The van der Waals surface area contributed by atoms with Gasteiger partial charge in [-0.1, -0.05) is 12.1 Å². The number of methoxy groups -OCH3 is 1. The van der Waals surface area contributed by atoms with Gasteiger partial charge in [0.1, 0.15) is 11.3 Å². The second kappa shape index (κ2) is 6.75. The van der Waals surface area contributed by atoms with Crippen molar-refractivity contribution >= 4 is 10.9 Å². The first-order chi connectivity index (χ1) is 10.7. The highest BCUT2D eigenvalue weighted by Crippen LogP contribution is 2.29. The first-order valence-electron chi connectivity index (χ1n) is 8.10. The molecule has 0 radical (unpaired) electrons. The normalized spacial score (nSPS) is 16.3. The summed E-state index contributed by atoms with van der Waals surface area (Å²) in [6.07, 6.45) is 4.35. The van der Waals surface area contributed by atoms with Crippen molar-refractivity contribution in [2.24, 2.45) is 0 Å². The van der Waals surface area contributed by atoms with Crippen LogP contribution in [0.15, 0.2) is 18.2 Å². The maximum absolute atomic E-state index is 14.3. The third-order valence-corrected chi connectivity index (χ3v) is 4.19. The average Bonchev–Trinajstić information content (AvgIpc) is 3.23. The number of hydrogen-bond donors (Lipinski definition) is 1. The van der Waals surface area contributed by atoms with E-state index in [2.05, 4.69) is 12.2 Å². The van der Waals surface area contributed by atoms with E-state index in [9.17, 15) is 4.39 Å². The summed E-state index contributed by atoms with van der Waals surface area (Å²) in [7, 11) is 1.70. The molecule has 2 aromatic rings. The van der Waals surface area contributed by atoms with Crippen LogP contribution in [0.4, 0.5) is 4.39 Å². The zero-order valence-electron chi connectivity index (χ0n) is 13.3. The van der Waals surface area contributed by atoms with Gasteiger partial charge in [0.15, 0.2) is 0 Å². The summed E-state index contributed by atoms with van der Waals surface area (Å²) in [5.74, 6) is -0.193. The molecule has 1 aliphatic rings. The number of nitrogens with one attached hydrogen (secondary N) is 1. The summed E-state index contributed by atoms with van der Waals surface area (Å²) in [6, 6.07) is 6.00. The Morgan fingerprint density at radius 2 is 2.23 bits per heavy atom. The molecule has 0 bridgehead atoms. The number of rotatable bonds is 8. The number of hydrogen-bond acceptors (Lipinski definition) is 3. The summed E-state index contributed by atoms with van der Waals surface area (Å²) in [6.45, 7) is 3.56. The standard InChI is InChI=1S/C17H24FN3O/c1-12(19-13-8-9-13)16-14-6-5-7-15(18)17(14)21(20-16)10-3-4-11-22-2/h5-7,12-13,19H,3-4,8-11H2,1-2H3. The summed E-state index contributed by atoms with van der Waals surface area (Å²) in [5, 5.41) is 9.18. The minimum Gasteiger partial charge on any atom is -0.385 e. The van der Waals surface area contributed by atoms with E-state index >= 15 is 0 Å². The topological polar surface area (TPSA) is 39.1 Å².